The second-order valence-corrected chi connectivity index (χ2v) is 5.75. The number of aromatic nitrogens is 2. The molecule has 0 radical (unpaired) electrons. The van der Waals surface area contributed by atoms with Crippen molar-refractivity contribution in [3.05, 3.63) is 44.6 Å². The van der Waals surface area contributed by atoms with Crippen LogP contribution in [0.2, 0.25) is 5.02 Å². The largest absolute Gasteiger partial charge is 0.416 e. The predicted molar refractivity (Wildman–Crippen MR) is 79.4 cm³/mol. The average molecular weight is 383 g/mol. The third-order valence-electron chi connectivity index (χ3n) is 3.00. The maximum Gasteiger partial charge on any atom is 0.416 e. The van der Waals surface area contributed by atoms with E-state index in [0.717, 1.165) is 12.1 Å². The van der Waals surface area contributed by atoms with Crippen LogP contribution in [0.15, 0.2) is 22.7 Å². The molecule has 2 aromatic rings. The van der Waals surface area contributed by atoms with Crippen LogP contribution in [0, 0.1) is 6.92 Å². The van der Waals surface area contributed by atoms with E-state index in [0.29, 0.717) is 26.6 Å². The minimum absolute atomic E-state index is 0.274. The van der Waals surface area contributed by atoms with E-state index in [-0.39, 0.29) is 6.54 Å². The molecular formula is C13H12BrClF3N3. The van der Waals surface area contributed by atoms with Crippen LogP contribution in [0.25, 0.3) is 0 Å². The van der Waals surface area contributed by atoms with Gasteiger partial charge in [-0.15, -0.1) is 0 Å². The van der Waals surface area contributed by atoms with Crippen molar-refractivity contribution >= 4 is 33.2 Å². The lowest BCUT2D eigenvalue weighted by Gasteiger charge is -2.13. The lowest BCUT2D eigenvalue weighted by molar-refractivity contribution is -0.137. The Morgan fingerprint density at radius 3 is 2.57 bits per heavy atom. The van der Waals surface area contributed by atoms with Crippen LogP contribution in [0.4, 0.5) is 18.9 Å². The van der Waals surface area contributed by atoms with Crippen LogP contribution in [-0.2, 0) is 19.8 Å². The summed E-state index contributed by atoms with van der Waals surface area (Å²) in [4.78, 5) is 0. The zero-order valence-corrected chi connectivity index (χ0v) is 13.6. The van der Waals surface area contributed by atoms with E-state index >= 15 is 0 Å². The third kappa shape index (κ3) is 3.52. The Bertz CT molecular complexity index is 667. The van der Waals surface area contributed by atoms with Crippen LogP contribution in [-0.4, -0.2) is 9.78 Å². The molecule has 0 fully saturated rings. The number of hydrogen-bond donors (Lipinski definition) is 1. The highest BCUT2D eigenvalue weighted by molar-refractivity contribution is 9.10. The highest BCUT2D eigenvalue weighted by Gasteiger charge is 2.30. The molecule has 0 aliphatic heterocycles. The van der Waals surface area contributed by atoms with Gasteiger partial charge in [0.1, 0.15) is 0 Å². The van der Waals surface area contributed by atoms with Gasteiger partial charge in [-0.3, -0.25) is 4.68 Å². The van der Waals surface area contributed by atoms with Gasteiger partial charge in [0, 0.05) is 17.2 Å². The molecule has 3 nitrogen and oxygen atoms in total. The minimum Gasteiger partial charge on any atom is -0.378 e. The monoisotopic (exact) mass is 381 g/mol. The van der Waals surface area contributed by atoms with Crippen molar-refractivity contribution in [2.45, 2.75) is 19.6 Å². The van der Waals surface area contributed by atoms with Gasteiger partial charge in [-0.25, -0.2) is 0 Å². The molecule has 0 atom stereocenters. The average Bonchev–Trinajstić information content (AvgIpc) is 2.62. The molecule has 0 amide bonds. The molecule has 0 unspecified atom stereocenters. The molecule has 8 heteroatoms. The Balaban J connectivity index is 2.24. The molecule has 0 aliphatic carbocycles. The summed E-state index contributed by atoms with van der Waals surface area (Å²) in [5.41, 5.74) is 1.03. The molecule has 0 saturated carbocycles. The van der Waals surface area contributed by atoms with Crippen LogP contribution in [0.1, 0.15) is 17.0 Å². The third-order valence-corrected chi connectivity index (χ3v) is 4.18. The Morgan fingerprint density at radius 2 is 2.05 bits per heavy atom. The maximum atomic E-state index is 12.7. The molecule has 0 spiro atoms. The van der Waals surface area contributed by atoms with Gasteiger partial charge in [-0.2, -0.15) is 18.3 Å². The van der Waals surface area contributed by atoms with E-state index in [2.05, 4.69) is 26.3 Å². The summed E-state index contributed by atoms with van der Waals surface area (Å²) < 4.78 is 40.3. The number of rotatable bonds is 3. The van der Waals surface area contributed by atoms with Crippen molar-refractivity contribution < 1.29 is 13.2 Å². The molecule has 1 heterocycles. The first kappa shape index (κ1) is 16.2. The lowest BCUT2D eigenvalue weighted by atomic mass is 10.2. The summed E-state index contributed by atoms with van der Waals surface area (Å²) in [7, 11) is 1.73. The number of halogens is 5. The standard InChI is InChI=1S/C13H12BrClF3N3/c1-7-12(15)11(21(2)20-7)6-19-10-5-8(13(16,17)18)3-4-9(10)14/h3-5,19H,6H2,1-2H3. The zero-order valence-electron chi connectivity index (χ0n) is 11.2. The van der Waals surface area contributed by atoms with Crippen LogP contribution < -0.4 is 5.32 Å². The van der Waals surface area contributed by atoms with Gasteiger partial charge in [0.05, 0.1) is 28.5 Å². The fraction of sp³-hybridized carbons (Fsp3) is 0.308. The van der Waals surface area contributed by atoms with E-state index in [1.807, 2.05) is 0 Å². The van der Waals surface area contributed by atoms with Crippen molar-refractivity contribution in [1.82, 2.24) is 9.78 Å². The van der Waals surface area contributed by atoms with Crippen molar-refractivity contribution in [3.63, 3.8) is 0 Å². The molecule has 0 saturated heterocycles. The number of anilines is 1. The fourth-order valence-corrected chi connectivity index (χ4v) is 2.50. The lowest BCUT2D eigenvalue weighted by Crippen LogP contribution is -2.09. The first-order valence-electron chi connectivity index (χ1n) is 5.98. The van der Waals surface area contributed by atoms with E-state index in [4.69, 9.17) is 11.6 Å². The number of nitrogens with one attached hydrogen (secondary N) is 1. The van der Waals surface area contributed by atoms with E-state index in [9.17, 15) is 13.2 Å². The summed E-state index contributed by atoms with van der Waals surface area (Å²) in [6, 6.07) is 3.44. The van der Waals surface area contributed by atoms with Crippen LogP contribution >= 0.6 is 27.5 Å². The van der Waals surface area contributed by atoms with Gasteiger partial charge in [0.25, 0.3) is 0 Å². The van der Waals surface area contributed by atoms with E-state index < -0.39 is 11.7 Å². The van der Waals surface area contributed by atoms with Crippen LogP contribution in [0.3, 0.4) is 0 Å². The summed E-state index contributed by atoms with van der Waals surface area (Å²) >= 11 is 9.34. The molecule has 1 aromatic carbocycles. The van der Waals surface area contributed by atoms with Gasteiger partial charge < -0.3 is 5.32 Å². The zero-order chi connectivity index (χ0) is 15.8. The number of aryl methyl sites for hydroxylation is 2. The molecule has 114 valence electrons. The first-order chi connectivity index (χ1) is 9.70. The van der Waals surface area contributed by atoms with Gasteiger partial charge in [0.15, 0.2) is 0 Å². The Morgan fingerprint density at radius 1 is 1.38 bits per heavy atom. The second kappa shape index (κ2) is 5.88. The smallest absolute Gasteiger partial charge is 0.378 e. The summed E-state index contributed by atoms with van der Waals surface area (Å²) in [5, 5.41) is 7.61. The molecule has 1 aromatic heterocycles. The van der Waals surface area contributed by atoms with Crippen LogP contribution in [0.5, 0.6) is 0 Å². The maximum absolute atomic E-state index is 12.7. The van der Waals surface area contributed by atoms with Gasteiger partial charge in [-0.05, 0) is 41.1 Å². The second-order valence-electron chi connectivity index (χ2n) is 4.52. The molecular weight excluding hydrogens is 371 g/mol. The topological polar surface area (TPSA) is 29.9 Å². The fourth-order valence-electron chi connectivity index (χ4n) is 1.89. The predicted octanol–water partition coefficient (Wildman–Crippen LogP) is 4.78. The normalized spacial score (nSPS) is 11.8. The van der Waals surface area contributed by atoms with Gasteiger partial charge >= 0.3 is 6.18 Å². The van der Waals surface area contributed by atoms with Crippen molar-refractivity contribution in [2.24, 2.45) is 7.05 Å². The highest BCUT2D eigenvalue weighted by atomic mass is 79.9. The molecule has 21 heavy (non-hydrogen) atoms. The number of nitrogens with zero attached hydrogens (tertiary/aromatic N) is 2. The summed E-state index contributed by atoms with van der Waals surface area (Å²) in [6.45, 7) is 2.04. The number of alkyl halides is 3. The van der Waals surface area contributed by atoms with Gasteiger partial charge in [-0.1, -0.05) is 11.6 Å². The van der Waals surface area contributed by atoms with Crippen molar-refractivity contribution in [1.29, 1.82) is 0 Å². The Hall–Kier alpha value is -1.21. The highest BCUT2D eigenvalue weighted by Crippen LogP contribution is 2.34. The molecule has 2 rings (SSSR count). The first-order valence-corrected chi connectivity index (χ1v) is 7.16. The summed E-state index contributed by atoms with van der Waals surface area (Å²) in [5.74, 6) is 0. The minimum atomic E-state index is -4.38. The number of benzene rings is 1. The van der Waals surface area contributed by atoms with Crippen molar-refractivity contribution in [3.8, 4) is 0 Å². The molecule has 0 aliphatic rings. The Kier molecular flexibility index (Phi) is 4.53. The van der Waals surface area contributed by atoms with E-state index in [1.165, 1.54) is 6.07 Å². The SMILES string of the molecule is Cc1nn(C)c(CNc2cc(C(F)(F)F)ccc2Br)c1Cl. The molecule has 0 bridgehead atoms. The van der Waals surface area contributed by atoms with E-state index in [1.54, 1.807) is 18.7 Å². The van der Waals surface area contributed by atoms with Gasteiger partial charge in [0.2, 0.25) is 0 Å². The quantitative estimate of drug-likeness (QED) is 0.828. The summed E-state index contributed by atoms with van der Waals surface area (Å²) in [6.07, 6.45) is -4.38. The van der Waals surface area contributed by atoms with Crippen molar-refractivity contribution in [2.75, 3.05) is 5.32 Å². The molecule has 1 N–H and O–H groups in total. The number of hydrogen-bond acceptors (Lipinski definition) is 2. The Labute approximate surface area is 133 Å².